The number of nitrogens with zero attached hydrogens (tertiary/aromatic N) is 1. The Morgan fingerprint density at radius 1 is 1.25 bits per heavy atom. The molecule has 3 aliphatic rings. The highest BCUT2D eigenvalue weighted by molar-refractivity contribution is 5.80. The van der Waals surface area contributed by atoms with Gasteiger partial charge in [0.15, 0.2) is 0 Å². The predicted molar refractivity (Wildman–Crippen MR) is 91.7 cm³/mol. The molecule has 1 aromatic rings. The molecule has 1 aromatic carbocycles. The maximum Gasteiger partial charge on any atom is 0.228 e. The van der Waals surface area contributed by atoms with Gasteiger partial charge in [0.2, 0.25) is 5.91 Å². The van der Waals surface area contributed by atoms with Crippen molar-refractivity contribution in [1.82, 2.24) is 4.90 Å². The van der Waals surface area contributed by atoms with Crippen LogP contribution in [0.2, 0.25) is 0 Å². The summed E-state index contributed by atoms with van der Waals surface area (Å²) in [5, 5.41) is 0. The number of hydrogen-bond acceptors (Lipinski definition) is 3. The number of methoxy groups -OCH3 is 1. The lowest BCUT2D eigenvalue weighted by Gasteiger charge is -2.33. The third kappa shape index (κ3) is 3.04. The molecule has 4 atom stereocenters. The van der Waals surface area contributed by atoms with Crippen LogP contribution < -0.4 is 4.74 Å². The van der Waals surface area contributed by atoms with Gasteiger partial charge in [-0.25, -0.2) is 0 Å². The lowest BCUT2D eigenvalue weighted by atomic mass is 9.87. The predicted octanol–water partition coefficient (Wildman–Crippen LogP) is 3.39. The summed E-state index contributed by atoms with van der Waals surface area (Å²) in [7, 11) is 1.68. The normalized spacial score (nSPS) is 29.5. The van der Waals surface area contributed by atoms with Crippen molar-refractivity contribution in [3.8, 4) is 5.75 Å². The molecule has 3 fully saturated rings. The molecule has 2 saturated heterocycles. The molecular weight excluding hydrogens is 302 g/mol. The van der Waals surface area contributed by atoms with Crippen molar-refractivity contribution in [1.29, 1.82) is 0 Å². The zero-order valence-electron chi connectivity index (χ0n) is 14.6. The molecule has 0 radical (unpaired) electrons. The minimum absolute atomic E-state index is 0.0724. The average molecular weight is 329 g/mol. The molecule has 1 amide bonds. The third-order valence-corrected chi connectivity index (χ3v) is 6.01. The monoisotopic (exact) mass is 329 g/mol. The highest BCUT2D eigenvalue weighted by Crippen LogP contribution is 2.42. The van der Waals surface area contributed by atoms with Crippen molar-refractivity contribution in [3.63, 3.8) is 0 Å². The van der Waals surface area contributed by atoms with E-state index in [4.69, 9.17) is 9.47 Å². The number of fused-ring (bicyclic) bond motifs is 2. The number of benzene rings is 1. The van der Waals surface area contributed by atoms with Crippen LogP contribution >= 0.6 is 0 Å². The van der Waals surface area contributed by atoms with Crippen LogP contribution in [-0.4, -0.2) is 36.2 Å². The smallest absolute Gasteiger partial charge is 0.228 e. The van der Waals surface area contributed by atoms with E-state index in [0.717, 1.165) is 25.0 Å². The van der Waals surface area contributed by atoms with E-state index >= 15 is 0 Å². The zero-order valence-corrected chi connectivity index (χ0v) is 14.6. The van der Waals surface area contributed by atoms with Gasteiger partial charge in [0.05, 0.1) is 25.2 Å². The summed E-state index contributed by atoms with van der Waals surface area (Å²) in [6, 6.07) is 8.39. The molecule has 0 spiro atoms. The first-order valence-electron chi connectivity index (χ1n) is 9.24. The molecule has 2 heterocycles. The van der Waals surface area contributed by atoms with Crippen molar-refractivity contribution in [3.05, 3.63) is 29.8 Å². The summed E-state index contributed by atoms with van der Waals surface area (Å²) in [6.45, 7) is 2.90. The number of ether oxygens (including phenoxy) is 2. The quantitative estimate of drug-likeness (QED) is 0.803. The Bertz CT molecular complexity index is 595. The Kier molecular flexibility index (Phi) is 4.25. The van der Waals surface area contributed by atoms with Gasteiger partial charge in [0.1, 0.15) is 5.75 Å². The van der Waals surface area contributed by atoms with E-state index in [9.17, 15) is 4.79 Å². The van der Waals surface area contributed by atoms with Gasteiger partial charge in [-0.1, -0.05) is 12.1 Å². The van der Waals surface area contributed by atoms with Crippen molar-refractivity contribution >= 4 is 5.91 Å². The Hall–Kier alpha value is -1.55. The van der Waals surface area contributed by atoms with Crippen LogP contribution in [0.15, 0.2) is 24.3 Å². The molecule has 4 heteroatoms. The highest BCUT2D eigenvalue weighted by Gasteiger charge is 2.47. The average Bonchev–Trinajstić information content (AvgIpc) is 3.26. The van der Waals surface area contributed by atoms with Gasteiger partial charge in [0.25, 0.3) is 0 Å². The number of amides is 1. The van der Waals surface area contributed by atoms with Gasteiger partial charge in [0, 0.05) is 12.6 Å². The van der Waals surface area contributed by atoms with Gasteiger partial charge in [-0.15, -0.1) is 0 Å². The summed E-state index contributed by atoms with van der Waals surface area (Å²) >= 11 is 0. The second-order valence-electron chi connectivity index (χ2n) is 7.61. The SMILES string of the molecule is COc1ccc(CN(C(=O)[C@H]2C[C@@H]3CC[C@@H]2O3)[C@@H](C)C2CC2)cc1. The highest BCUT2D eigenvalue weighted by atomic mass is 16.5. The first kappa shape index (κ1) is 15.9. The molecule has 1 aliphatic carbocycles. The van der Waals surface area contributed by atoms with E-state index in [0.29, 0.717) is 30.5 Å². The van der Waals surface area contributed by atoms with Gasteiger partial charge in [-0.3, -0.25) is 4.79 Å². The molecule has 0 N–H and O–H groups in total. The lowest BCUT2D eigenvalue weighted by molar-refractivity contribution is -0.140. The fourth-order valence-corrected chi connectivity index (χ4v) is 4.29. The topological polar surface area (TPSA) is 38.8 Å². The van der Waals surface area contributed by atoms with Gasteiger partial charge < -0.3 is 14.4 Å². The number of carbonyl (C=O) groups excluding carboxylic acids is 1. The molecule has 2 bridgehead atoms. The van der Waals surface area contributed by atoms with Crippen LogP contribution in [-0.2, 0) is 16.1 Å². The molecule has 4 rings (SSSR count). The van der Waals surface area contributed by atoms with Crippen LogP contribution in [0.1, 0.15) is 44.6 Å². The van der Waals surface area contributed by atoms with Crippen molar-refractivity contribution < 1.29 is 14.3 Å². The first-order valence-corrected chi connectivity index (χ1v) is 9.24. The number of rotatable bonds is 6. The molecule has 0 aromatic heterocycles. The van der Waals surface area contributed by atoms with E-state index in [1.54, 1.807) is 7.11 Å². The molecule has 1 saturated carbocycles. The second-order valence-corrected chi connectivity index (χ2v) is 7.61. The second kappa shape index (κ2) is 6.40. The van der Waals surface area contributed by atoms with E-state index in [1.165, 1.54) is 18.4 Å². The van der Waals surface area contributed by atoms with Crippen LogP contribution in [0.5, 0.6) is 5.75 Å². The standard InChI is InChI=1S/C20H27NO3/c1-13(15-5-6-15)21(12-14-3-7-16(23-2)8-4-14)20(22)18-11-17-9-10-19(18)24-17/h3-4,7-8,13,15,17-19H,5-6,9-12H2,1-2H3/t13-,17-,18-,19-/m0/s1. The molecule has 2 aliphatic heterocycles. The Labute approximate surface area is 144 Å². The lowest BCUT2D eigenvalue weighted by Crippen LogP contribution is -2.45. The molecular formula is C20H27NO3. The first-order chi connectivity index (χ1) is 11.7. The van der Waals surface area contributed by atoms with Crippen molar-refractivity contribution in [2.24, 2.45) is 11.8 Å². The maximum absolute atomic E-state index is 13.3. The Morgan fingerprint density at radius 3 is 2.54 bits per heavy atom. The minimum atomic E-state index is 0.0724. The van der Waals surface area contributed by atoms with Gasteiger partial charge in [-0.2, -0.15) is 0 Å². The van der Waals surface area contributed by atoms with E-state index < -0.39 is 0 Å². The summed E-state index contributed by atoms with van der Waals surface area (Å²) in [5.74, 6) is 1.90. The number of carbonyl (C=O) groups is 1. The van der Waals surface area contributed by atoms with Crippen LogP contribution in [0.3, 0.4) is 0 Å². The minimum Gasteiger partial charge on any atom is -0.497 e. The summed E-state index contributed by atoms with van der Waals surface area (Å²) < 4.78 is 11.2. The summed E-state index contributed by atoms with van der Waals surface area (Å²) in [4.78, 5) is 15.4. The van der Waals surface area contributed by atoms with Gasteiger partial charge >= 0.3 is 0 Å². The summed E-state index contributed by atoms with van der Waals surface area (Å²) in [5.41, 5.74) is 1.17. The Balaban J connectivity index is 1.51. The molecule has 130 valence electrons. The van der Waals surface area contributed by atoms with Crippen LogP contribution in [0.4, 0.5) is 0 Å². The van der Waals surface area contributed by atoms with E-state index in [-0.39, 0.29) is 12.0 Å². The molecule has 4 nitrogen and oxygen atoms in total. The van der Waals surface area contributed by atoms with Crippen LogP contribution in [0, 0.1) is 11.8 Å². The molecule has 0 unspecified atom stereocenters. The van der Waals surface area contributed by atoms with E-state index in [2.05, 4.69) is 24.0 Å². The van der Waals surface area contributed by atoms with Crippen molar-refractivity contribution in [2.75, 3.05) is 7.11 Å². The van der Waals surface area contributed by atoms with Crippen LogP contribution in [0.25, 0.3) is 0 Å². The third-order valence-electron chi connectivity index (χ3n) is 6.01. The fourth-order valence-electron chi connectivity index (χ4n) is 4.29. The Morgan fingerprint density at radius 2 is 2.00 bits per heavy atom. The maximum atomic E-state index is 13.3. The van der Waals surface area contributed by atoms with Gasteiger partial charge in [-0.05, 0) is 62.6 Å². The fraction of sp³-hybridized carbons (Fsp3) is 0.650. The van der Waals surface area contributed by atoms with E-state index in [1.807, 2.05) is 12.1 Å². The van der Waals surface area contributed by atoms with Crippen molar-refractivity contribution in [2.45, 2.75) is 63.8 Å². The zero-order chi connectivity index (χ0) is 16.7. The summed E-state index contributed by atoms with van der Waals surface area (Å²) in [6.07, 6.45) is 6.08. The largest absolute Gasteiger partial charge is 0.497 e. The molecule has 24 heavy (non-hydrogen) atoms. The number of hydrogen-bond donors (Lipinski definition) is 0.